The first-order valence-electron chi connectivity index (χ1n) is 6.46. The lowest BCUT2D eigenvalue weighted by atomic mass is 9.91. The average Bonchev–Trinajstić information content (AvgIpc) is 2.41. The van der Waals surface area contributed by atoms with Crippen molar-refractivity contribution in [2.75, 3.05) is 11.9 Å². The summed E-state index contributed by atoms with van der Waals surface area (Å²) in [6.07, 6.45) is 2.81. The van der Waals surface area contributed by atoms with E-state index < -0.39 is 16.8 Å². The van der Waals surface area contributed by atoms with Crippen LogP contribution in [0.1, 0.15) is 25.7 Å². The van der Waals surface area contributed by atoms with Crippen LogP contribution in [-0.2, 0) is 0 Å². The molecule has 1 saturated carbocycles. The molecule has 2 unspecified atom stereocenters. The number of rotatable bonds is 3. The summed E-state index contributed by atoms with van der Waals surface area (Å²) in [7, 11) is 1.67. The Morgan fingerprint density at radius 1 is 1.45 bits per heavy atom. The second-order valence-electron chi connectivity index (χ2n) is 5.04. The molecular weight excluding hydrogens is 378 g/mol. The van der Waals surface area contributed by atoms with Crippen molar-refractivity contribution in [1.82, 2.24) is 0 Å². The number of anilines is 1. The van der Waals surface area contributed by atoms with Crippen molar-refractivity contribution in [3.05, 3.63) is 31.6 Å². The Hall–Kier alpha value is -0.960. The smallest absolute Gasteiger partial charge is 0.293 e. The predicted molar refractivity (Wildman–Crippen MR) is 82.4 cm³/mol. The number of hydrogen-bond acceptors (Lipinski definition) is 4. The first-order valence-corrected chi connectivity index (χ1v) is 7.54. The molecule has 5 nitrogen and oxygen atoms in total. The summed E-state index contributed by atoms with van der Waals surface area (Å²) in [5.74, 6) is -0.483. The van der Waals surface area contributed by atoms with Gasteiger partial charge in [-0.1, -0.05) is 12.8 Å². The highest BCUT2D eigenvalue weighted by molar-refractivity contribution is 14.1. The zero-order valence-electron chi connectivity index (χ0n) is 11.1. The number of hydrogen-bond donors (Lipinski definition) is 1. The lowest BCUT2D eigenvalue weighted by molar-refractivity contribution is -0.384. The molecule has 0 amide bonds. The molecule has 0 saturated heterocycles. The van der Waals surface area contributed by atoms with E-state index in [-0.39, 0.29) is 21.0 Å². The summed E-state index contributed by atoms with van der Waals surface area (Å²) < 4.78 is 13.9. The average molecular weight is 394 g/mol. The van der Waals surface area contributed by atoms with Gasteiger partial charge >= 0.3 is 0 Å². The van der Waals surface area contributed by atoms with Gasteiger partial charge in [-0.05, 0) is 35.4 Å². The topological polar surface area (TPSA) is 66.6 Å². The number of nitro groups is 1. The molecule has 0 spiro atoms. The SMILES string of the molecule is CN(c1cc(F)c(I)cc1[N+](=O)[O-])C1CCCCC1O. The van der Waals surface area contributed by atoms with Crippen molar-refractivity contribution < 1.29 is 14.4 Å². The van der Waals surface area contributed by atoms with Gasteiger partial charge in [0.15, 0.2) is 0 Å². The second-order valence-corrected chi connectivity index (χ2v) is 6.20. The summed E-state index contributed by atoms with van der Waals surface area (Å²) in [6, 6.07) is 2.21. The predicted octanol–water partition coefficient (Wildman–Crippen LogP) is 3.08. The first-order chi connectivity index (χ1) is 9.41. The quantitative estimate of drug-likeness (QED) is 0.486. The Morgan fingerprint density at radius 3 is 2.70 bits per heavy atom. The third kappa shape index (κ3) is 3.03. The third-order valence-corrected chi connectivity index (χ3v) is 4.61. The fourth-order valence-corrected chi connectivity index (χ4v) is 3.13. The molecule has 1 N–H and O–H groups in total. The number of likely N-dealkylation sites (N-methyl/N-ethyl adjacent to an activating group) is 1. The highest BCUT2D eigenvalue weighted by Crippen LogP contribution is 2.35. The highest BCUT2D eigenvalue weighted by Gasteiger charge is 2.30. The molecule has 110 valence electrons. The zero-order chi connectivity index (χ0) is 14.9. The molecule has 20 heavy (non-hydrogen) atoms. The Kier molecular flexibility index (Phi) is 4.79. The summed E-state index contributed by atoms with van der Waals surface area (Å²) in [5.41, 5.74) is 0.0925. The Labute approximate surface area is 130 Å². The Bertz CT molecular complexity index is 527. The lowest BCUT2D eigenvalue weighted by Gasteiger charge is -2.36. The van der Waals surface area contributed by atoms with Crippen molar-refractivity contribution in [2.45, 2.75) is 37.8 Å². The van der Waals surface area contributed by atoms with E-state index in [0.717, 1.165) is 19.3 Å². The van der Waals surface area contributed by atoms with Crippen LogP contribution in [0.5, 0.6) is 0 Å². The molecule has 2 atom stereocenters. The minimum absolute atomic E-state index is 0.129. The maximum absolute atomic E-state index is 13.7. The minimum atomic E-state index is -0.532. The van der Waals surface area contributed by atoms with Gasteiger partial charge in [-0.3, -0.25) is 10.1 Å². The van der Waals surface area contributed by atoms with Gasteiger partial charge in [0.1, 0.15) is 11.5 Å². The van der Waals surface area contributed by atoms with E-state index in [1.807, 2.05) is 0 Å². The monoisotopic (exact) mass is 394 g/mol. The largest absolute Gasteiger partial charge is 0.391 e. The maximum Gasteiger partial charge on any atom is 0.293 e. The maximum atomic E-state index is 13.7. The van der Waals surface area contributed by atoms with Gasteiger partial charge in [-0.2, -0.15) is 0 Å². The number of nitrogens with zero attached hydrogens (tertiary/aromatic N) is 2. The van der Waals surface area contributed by atoms with E-state index in [2.05, 4.69) is 0 Å². The Balaban J connectivity index is 2.39. The zero-order valence-corrected chi connectivity index (χ0v) is 13.2. The molecule has 1 aromatic carbocycles. The molecule has 2 rings (SSSR count). The minimum Gasteiger partial charge on any atom is -0.391 e. The van der Waals surface area contributed by atoms with Crippen LogP contribution >= 0.6 is 22.6 Å². The van der Waals surface area contributed by atoms with E-state index >= 15 is 0 Å². The molecule has 0 radical (unpaired) electrons. The van der Waals surface area contributed by atoms with Gasteiger partial charge in [0.2, 0.25) is 0 Å². The third-order valence-electron chi connectivity index (χ3n) is 3.79. The number of aliphatic hydroxyl groups is 1. The van der Waals surface area contributed by atoms with Crippen molar-refractivity contribution >= 4 is 34.0 Å². The van der Waals surface area contributed by atoms with Gasteiger partial charge < -0.3 is 10.0 Å². The van der Waals surface area contributed by atoms with E-state index in [1.165, 1.54) is 12.1 Å². The normalized spacial score (nSPS) is 22.6. The van der Waals surface area contributed by atoms with Crippen molar-refractivity contribution in [1.29, 1.82) is 0 Å². The van der Waals surface area contributed by atoms with Gasteiger partial charge in [0.05, 0.1) is 20.6 Å². The first kappa shape index (κ1) is 15.4. The molecule has 1 aromatic rings. The Morgan fingerprint density at radius 2 is 2.10 bits per heavy atom. The van der Waals surface area contributed by atoms with Gasteiger partial charge in [0.25, 0.3) is 5.69 Å². The van der Waals surface area contributed by atoms with Crippen molar-refractivity contribution in [3.8, 4) is 0 Å². The molecule has 0 bridgehead atoms. The standard InChI is InChI=1S/C13H16FIN2O3/c1-16(10-4-2-3-5-13(10)18)11-6-8(14)9(15)7-12(11)17(19)20/h6-7,10,13,18H,2-5H2,1H3. The molecule has 0 aliphatic heterocycles. The highest BCUT2D eigenvalue weighted by atomic mass is 127. The lowest BCUT2D eigenvalue weighted by Crippen LogP contribution is -2.43. The van der Waals surface area contributed by atoms with E-state index in [1.54, 1.807) is 34.5 Å². The number of nitro benzene ring substituents is 1. The van der Waals surface area contributed by atoms with E-state index in [4.69, 9.17) is 0 Å². The van der Waals surface area contributed by atoms with Crippen molar-refractivity contribution in [2.24, 2.45) is 0 Å². The summed E-state index contributed by atoms with van der Waals surface area (Å²) in [4.78, 5) is 12.3. The molecule has 1 fully saturated rings. The van der Waals surface area contributed by atoms with Gasteiger partial charge in [0, 0.05) is 19.2 Å². The molecule has 0 heterocycles. The molecule has 1 aliphatic rings. The van der Waals surface area contributed by atoms with Crippen LogP contribution in [-0.4, -0.2) is 29.2 Å². The number of benzene rings is 1. The van der Waals surface area contributed by atoms with Crippen molar-refractivity contribution in [3.63, 3.8) is 0 Å². The summed E-state index contributed by atoms with van der Waals surface area (Å²) in [5, 5.41) is 21.2. The van der Waals surface area contributed by atoms with Crippen LogP contribution in [0.15, 0.2) is 12.1 Å². The fourth-order valence-electron chi connectivity index (χ4n) is 2.68. The van der Waals surface area contributed by atoms with Gasteiger partial charge in [-0.25, -0.2) is 4.39 Å². The number of aliphatic hydroxyl groups excluding tert-OH is 1. The van der Waals surface area contributed by atoms with E-state index in [0.29, 0.717) is 6.42 Å². The summed E-state index contributed by atoms with van der Waals surface area (Å²) in [6.45, 7) is 0. The van der Waals surface area contributed by atoms with Crippen LogP contribution in [0.4, 0.5) is 15.8 Å². The van der Waals surface area contributed by atoms with Crippen LogP contribution in [0.25, 0.3) is 0 Å². The van der Waals surface area contributed by atoms with Crippen LogP contribution in [0, 0.1) is 19.5 Å². The van der Waals surface area contributed by atoms with Crippen LogP contribution in [0.2, 0.25) is 0 Å². The fraction of sp³-hybridized carbons (Fsp3) is 0.538. The molecule has 7 heteroatoms. The molecule has 0 aromatic heterocycles. The number of halogens is 2. The molecular formula is C13H16FIN2O3. The van der Waals surface area contributed by atoms with Crippen LogP contribution in [0.3, 0.4) is 0 Å². The second kappa shape index (κ2) is 6.21. The van der Waals surface area contributed by atoms with E-state index in [9.17, 15) is 19.6 Å². The molecule has 1 aliphatic carbocycles. The van der Waals surface area contributed by atoms with Gasteiger partial charge in [-0.15, -0.1) is 0 Å². The summed E-state index contributed by atoms with van der Waals surface area (Å²) >= 11 is 1.73. The van der Waals surface area contributed by atoms with Crippen LogP contribution < -0.4 is 4.90 Å².